The van der Waals surface area contributed by atoms with Crippen molar-refractivity contribution in [1.29, 1.82) is 0 Å². The van der Waals surface area contributed by atoms with E-state index in [1.165, 1.54) is 6.07 Å². The summed E-state index contributed by atoms with van der Waals surface area (Å²) in [6.45, 7) is 3.31. The summed E-state index contributed by atoms with van der Waals surface area (Å²) in [6.07, 6.45) is -1.17. The first-order valence-corrected chi connectivity index (χ1v) is 10.1. The SMILES string of the molecule is CC(C)OC(=O)NC(Cc1ccc(NC(=O)c2cccc(N=C(N)NC(N)=O)c2)cc1)C(=O)O. The van der Waals surface area contributed by atoms with Gasteiger partial charge in [0, 0.05) is 17.7 Å². The number of carbonyl (C=O) groups is 4. The molecule has 1 unspecified atom stereocenters. The maximum absolute atomic E-state index is 12.6. The van der Waals surface area contributed by atoms with Crippen LogP contribution in [0.5, 0.6) is 0 Å². The average Bonchev–Trinajstić information content (AvgIpc) is 2.73. The molecule has 0 aliphatic heterocycles. The molecule has 12 heteroatoms. The average molecular weight is 470 g/mol. The predicted octanol–water partition coefficient (Wildman–Crippen LogP) is 1.68. The molecular weight excluding hydrogens is 444 g/mol. The Morgan fingerprint density at radius 3 is 2.32 bits per heavy atom. The Morgan fingerprint density at radius 1 is 1.06 bits per heavy atom. The number of nitrogens with zero attached hydrogens (tertiary/aromatic N) is 1. The number of guanidine groups is 1. The zero-order valence-corrected chi connectivity index (χ0v) is 18.6. The van der Waals surface area contributed by atoms with Crippen molar-refractivity contribution < 1.29 is 29.0 Å². The van der Waals surface area contributed by atoms with Gasteiger partial charge in [-0.25, -0.2) is 19.4 Å². The van der Waals surface area contributed by atoms with Crippen LogP contribution in [0.15, 0.2) is 53.5 Å². The smallest absolute Gasteiger partial charge is 0.408 e. The van der Waals surface area contributed by atoms with Gasteiger partial charge in [0.1, 0.15) is 6.04 Å². The van der Waals surface area contributed by atoms with Gasteiger partial charge in [-0.15, -0.1) is 0 Å². The number of aliphatic imine (C=N–C) groups is 1. The summed E-state index contributed by atoms with van der Waals surface area (Å²) < 4.78 is 4.92. The molecule has 0 saturated heterocycles. The Morgan fingerprint density at radius 2 is 1.74 bits per heavy atom. The van der Waals surface area contributed by atoms with E-state index < -0.39 is 30.0 Å². The number of carboxylic acids is 1. The fraction of sp³-hybridized carbons (Fsp3) is 0.227. The van der Waals surface area contributed by atoms with Crippen LogP contribution in [0.2, 0.25) is 0 Å². The van der Waals surface area contributed by atoms with E-state index >= 15 is 0 Å². The molecule has 2 aromatic carbocycles. The first-order chi connectivity index (χ1) is 16.0. The maximum atomic E-state index is 12.6. The van der Waals surface area contributed by atoms with Crippen molar-refractivity contribution in [3.8, 4) is 0 Å². The van der Waals surface area contributed by atoms with Crippen molar-refractivity contribution in [2.45, 2.75) is 32.4 Å². The van der Waals surface area contributed by atoms with Crippen LogP contribution in [0.4, 0.5) is 21.0 Å². The highest BCUT2D eigenvalue weighted by Gasteiger charge is 2.21. The molecule has 0 heterocycles. The van der Waals surface area contributed by atoms with Crippen LogP contribution >= 0.6 is 0 Å². The van der Waals surface area contributed by atoms with Crippen molar-refractivity contribution in [3.05, 3.63) is 59.7 Å². The number of nitrogens with one attached hydrogen (secondary N) is 3. The van der Waals surface area contributed by atoms with Crippen LogP contribution in [0, 0.1) is 0 Å². The highest BCUT2D eigenvalue weighted by molar-refractivity contribution is 6.05. The van der Waals surface area contributed by atoms with E-state index in [9.17, 15) is 24.3 Å². The molecule has 0 aliphatic carbocycles. The van der Waals surface area contributed by atoms with E-state index in [1.807, 2.05) is 0 Å². The number of alkyl carbamates (subject to hydrolysis) is 1. The molecule has 2 rings (SSSR count). The monoisotopic (exact) mass is 470 g/mol. The van der Waals surface area contributed by atoms with E-state index in [-0.39, 0.29) is 24.0 Å². The van der Waals surface area contributed by atoms with Crippen LogP contribution in [0.25, 0.3) is 0 Å². The van der Waals surface area contributed by atoms with Gasteiger partial charge >= 0.3 is 18.1 Å². The van der Waals surface area contributed by atoms with Gasteiger partial charge in [0.05, 0.1) is 11.8 Å². The van der Waals surface area contributed by atoms with Crippen molar-refractivity contribution in [3.63, 3.8) is 0 Å². The van der Waals surface area contributed by atoms with Gasteiger partial charge in [0.25, 0.3) is 5.91 Å². The molecule has 0 fully saturated rings. The number of primary amides is 1. The van der Waals surface area contributed by atoms with E-state index in [4.69, 9.17) is 16.2 Å². The molecule has 0 spiro atoms. The molecule has 0 radical (unpaired) electrons. The van der Waals surface area contributed by atoms with E-state index in [0.717, 1.165) is 0 Å². The second-order valence-corrected chi connectivity index (χ2v) is 7.38. The van der Waals surface area contributed by atoms with Gasteiger partial charge in [-0.05, 0) is 49.7 Å². The minimum Gasteiger partial charge on any atom is -0.480 e. The van der Waals surface area contributed by atoms with Crippen molar-refractivity contribution >= 4 is 41.3 Å². The molecule has 0 bridgehead atoms. The summed E-state index contributed by atoms with van der Waals surface area (Å²) in [5.41, 5.74) is 12.2. The second-order valence-electron chi connectivity index (χ2n) is 7.38. The standard InChI is InChI=1S/C22H26N6O6/c1-12(2)34-22(33)27-17(19(30)31)10-13-6-8-15(9-7-13)25-18(29)14-4-3-5-16(11-14)26-20(23)28-21(24)32/h3-9,11-12,17H,10H2,1-2H3,(H,25,29)(H,27,33)(H,30,31)(H5,23,24,26,28,32). The largest absolute Gasteiger partial charge is 0.480 e. The van der Waals surface area contributed by atoms with Gasteiger partial charge in [-0.1, -0.05) is 18.2 Å². The number of hydrogen-bond donors (Lipinski definition) is 6. The van der Waals surface area contributed by atoms with Crippen molar-refractivity contribution in [2.24, 2.45) is 16.5 Å². The molecule has 34 heavy (non-hydrogen) atoms. The number of ether oxygens (including phenoxy) is 1. The normalized spacial score (nSPS) is 11.9. The third-order valence-corrected chi connectivity index (χ3v) is 4.19. The number of rotatable bonds is 8. The van der Waals surface area contributed by atoms with Crippen LogP contribution in [-0.4, -0.2) is 47.2 Å². The zero-order valence-electron chi connectivity index (χ0n) is 18.6. The molecule has 0 saturated carbocycles. The predicted molar refractivity (Wildman–Crippen MR) is 125 cm³/mol. The lowest BCUT2D eigenvalue weighted by molar-refractivity contribution is -0.139. The molecular formula is C22H26N6O6. The van der Waals surface area contributed by atoms with Gasteiger partial charge in [0.15, 0.2) is 0 Å². The topological polar surface area (TPSA) is 198 Å². The maximum Gasteiger partial charge on any atom is 0.408 e. The summed E-state index contributed by atoms with van der Waals surface area (Å²) in [4.78, 5) is 50.5. The molecule has 2 aromatic rings. The van der Waals surface area contributed by atoms with Crippen molar-refractivity contribution in [1.82, 2.24) is 10.6 Å². The highest BCUT2D eigenvalue weighted by atomic mass is 16.6. The van der Waals surface area contributed by atoms with E-state index in [0.29, 0.717) is 16.9 Å². The van der Waals surface area contributed by atoms with E-state index in [1.54, 1.807) is 56.3 Å². The number of urea groups is 1. The van der Waals surface area contributed by atoms with Crippen LogP contribution in [0.1, 0.15) is 29.8 Å². The van der Waals surface area contributed by atoms with Gasteiger partial charge in [-0.3, -0.25) is 10.1 Å². The molecule has 0 aliphatic rings. The summed E-state index contributed by atoms with van der Waals surface area (Å²) in [6, 6.07) is 10.7. The van der Waals surface area contributed by atoms with Gasteiger partial charge in [0.2, 0.25) is 5.96 Å². The summed E-state index contributed by atoms with van der Waals surface area (Å²) >= 11 is 0. The molecule has 12 nitrogen and oxygen atoms in total. The van der Waals surface area contributed by atoms with Crippen LogP contribution in [-0.2, 0) is 16.0 Å². The third-order valence-electron chi connectivity index (χ3n) is 4.19. The molecule has 8 N–H and O–H groups in total. The number of carbonyl (C=O) groups excluding carboxylic acids is 3. The summed E-state index contributed by atoms with van der Waals surface area (Å²) in [5.74, 6) is -1.84. The third kappa shape index (κ3) is 8.49. The number of amides is 4. The quantitative estimate of drug-likeness (QED) is 0.249. The lowest BCUT2D eigenvalue weighted by Crippen LogP contribution is -2.43. The number of benzene rings is 2. The number of hydrogen-bond acceptors (Lipinski definition) is 6. The lowest BCUT2D eigenvalue weighted by atomic mass is 10.1. The molecule has 0 aromatic heterocycles. The Labute approximate surface area is 195 Å². The second kappa shape index (κ2) is 11.9. The first-order valence-electron chi connectivity index (χ1n) is 10.1. The zero-order chi connectivity index (χ0) is 25.3. The van der Waals surface area contributed by atoms with Gasteiger partial charge in [-0.2, -0.15) is 0 Å². The van der Waals surface area contributed by atoms with Crippen LogP contribution < -0.4 is 27.4 Å². The van der Waals surface area contributed by atoms with E-state index in [2.05, 4.69) is 20.9 Å². The summed E-state index contributed by atoms with van der Waals surface area (Å²) in [5, 5.41) is 16.5. The fourth-order valence-electron chi connectivity index (χ4n) is 2.76. The highest BCUT2D eigenvalue weighted by Crippen LogP contribution is 2.17. The number of carboxylic acid groups (broad SMARTS) is 1. The number of nitrogens with two attached hydrogens (primary N) is 2. The van der Waals surface area contributed by atoms with Crippen molar-refractivity contribution in [2.75, 3.05) is 5.32 Å². The first kappa shape index (κ1) is 25.6. The Bertz CT molecular complexity index is 1080. The van der Waals surface area contributed by atoms with Crippen LogP contribution in [0.3, 0.4) is 0 Å². The van der Waals surface area contributed by atoms with Gasteiger partial charge < -0.3 is 31.9 Å². The number of aliphatic carboxylic acids is 1. The number of anilines is 1. The lowest BCUT2D eigenvalue weighted by Gasteiger charge is -2.16. The minimum atomic E-state index is -1.20. The minimum absolute atomic E-state index is 0.0254. The Hall–Kier alpha value is -4.61. The fourth-order valence-corrected chi connectivity index (χ4v) is 2.76. The molecule has 4 amide bonds. The molecule has 180 valence electrons. The molecule has 1 atom stereocenters. The Kier molecular flexibility index (Phi) is 8.94. The summed E-state index contributed by atoms with van der Waals surface area (Å²) in [7, 11) is 0. The Balaban J connectivity index is 2.03.